The molecule has 7 heteroatoms. The van der Waals surface area contributed by atoms with Gasteiger partial charge in [-0.25, -0.2) is 4.90 Å². The van der Waals surface area contributed by atoms with Crippen LogP contribution < -0.4 is 19.7 Å². The van der Waals surface area contributed by atoms with Gasteiger partial charge in [-0.3, -0.25) is 9.59 Å². The van der Waals surface area contributed by atoms with Crippen LogP contribution in [0.25, 0.3) is 16.3 Å². The number of methoxy groups -OCH3 is 2. The lowest BCUT2D eigenvalue weighted by Crippen LogP contribution is -2.32. The summed E-state index contributed by atoms with van der Waals surface area (Å²) in [6.45, 7) is 0. The Labute approximate surface area is 194 Å². The number of nitrogens with zero attached hydrogens (tertiary/aromatic N) is 1. The van der Waals surface area contributed by atoms with E-state index in [9.17, 15) is 9.59 Å². The number of imide groups is 1. The number of amides is 2. The van der Waals surface area contributed by atoms with Crippen molar-refractivity contribution >= 4 is 50.9 Å². The van der Waals surface area contributed by atoms with Crippen LogP contribution in [-0.4, -0.2) is 26.0 Å². The second-order valence-electron chi connectivity index (χ2n) is 7.36. The summed E-state index contributed by atoms with van der Waals surface area (Å²) in [7, 11) is 3.11. The minimum atomic E-state index is -0.426. The van der Waals surface area contributed by atoms with Crippen molar-refractivity contribution in [1.82, 2.24) is 0 Å². The van der Waals surface area contributed by atoms with Gasteiger partial charge in [0.05, 0.1) is 31.2 Å². The monoisotopic (exact) mass is 456 g/mol. The third-order valence-electron chi connectivity index (χ3n) is 5.53. The molecule has 0 bridgehead atoms. The Morgan fingerprint density at radius 3 is 2.42 bits per heavy atom. The Morgan fingerprint density at radius 2 is 1.67 bits per heavy atom. The first-order valence-corrected chi connectivity index (χ1v) is 11.1. The molecule has 0 unspecified atom stereocenters. The summed E-state index contributed by atoms with van der Waals surface area (Å²) >= 11 is 1.41. The number of thiophene rings is 1. The Hall–Kier alpha value is -4.10. The highest BCUT2D eigenvalue weighted by Crippen LogP contribution is 2.39. The van der Waals surface area contributed by atoms with Crippen LogP contribution in [0, 0.1) is 0 Å². The molecule has 2 heterocycles. The highest BCUT2D eigenvalue weighted by atomic mass is 32.1. The van der Waals surface area contributed by atoms with Gasteiger partial charge in [0.15, 0.2) is 0 Å². The van der Waals surface area contributed by atoms with Crippen LogP contribution in [0.15, 0.2) is 83.9 Å². The predicted octanol–water partition coefficient (Wildman–Crippen LogP) is 5.32. The number of ether oxygens (including phenoxy) is 2. The lowest BCUT2D eigenvalue weighted by Gasteiger charge is -2.18. The average molecular weight is 457 g/mol. The van der Waals surface area contributed by atoms with E-state index in [0.29, 0.717) is 33.3 Å². The van der Waals surface area contributed by atoms with Crippen LogP contribution in [0.2, 0.25) is 0 Å². The highest BCUT2D eigenvalue weighted by Gasteiger charge is 2.41. The first kappa shape index (κ1) is 20.8. The maximum absolute atomic E-state index is 13.7. The van der Waals surface area contributed by atoms with Crippen LogP contribution in [0.1, 0.15) is 4.88 Å². The van der Waals surface area contributed by atoms with E-state index in [1.165, 1.54) is 16.2 Å². The smallest absolute Gasteiger partial charge is 0.282 e. The summed E-state index contributed by atoms with van der Waals surface area (Å²) in [5.41, 5.74) is 1.60. The summed E-state index contributed by atoms with van der Waals surface area (Å²) in [5.74, 6) is 0.324. The van der Waals surface area contributed by atoms with Gasteiger partial charge in [0.2, 0.25) is 0 Å². The normalized spacial score (nSPS) is 13.7. The summed E-state index contributed by atoms with van der Waals surface area (Å²) in [6, 6.07) is 22.2. The van der Waals surface area contributed by atoms with Crippen molar-refractivity contribution in [3.05, 3.63) is 88.8 Å². The van der Waals surface area contributed by atoms with Gasteiger partial charge in [0.1, 0.15) is 17.2 Å². The van der Waals surface area contributed by atoms with Gasteiger partial charge >= 0.3 is 0 Å². The molecule has 1 N–H and O–H groups in total. The Kier molecular flexibility index (Phi) is 5.32. The van der Waals surface area contributed by atoms with Crippen molar-refractivity contribution in [2.24, 2.45) is 0 Å². The van der Waals surface area contributed by atoms with Gasteiger partial charge in [-0.05, 0) is 35.0 Å². The maximum Gasteiger partial charge on any atom is 0.282 e. The first-order valence-electron chi connectivity index (χ1n) is 10.3. The maximum atomic E-state index is 13.7. The van der Waals surface area contributed by atoms with Crippen molar-refractivity contribution in [1.29, 1.82) is 0 Å². The molecule has 33 heavy (non-hydrogen) atoms. The van der Waals surface area contributed by atoms with Gasteiger partial charge in [-0.2, -0.15) is 0 Å². The molecule has 6 nitrogen and oxygen atoms in total. The molecule has 0 saturated heterocycles. The minimum Gasteiger partial charge on any atom is -0.497 e. The molecule has 164 valence electrons. The van der Waals surface area contributed by atoms with E-state index in [4.69, 9.17) is 9.47 Å². The van der Waals surface area contributed by atoms with Crippen LogP contribution in [0.4, 0.5) is 11.4 Å². The summed E-state index contributed by atoms with van der Waals surface area (Å²) < 4.78 is 10.8. The second kappa shape index (κ2) is 8.44. The van der Waals surface area contributed by atoms with E-state index in [1.54, 1.807) is 38.5 Å². The van der Waals surface area contributed by atoms with E-state index < -0.39 is 5.91 Å². The third-order valence-corrected chi connectivity index (χ3v) is 6.41. The number of hydrogen-bond acceptors (Lipinski definition) is 6. The molecular weight excluding hydrogens is 436 g/mol. The predicted molar refractivity (Wildman–Crippen MR) is 131 cm³/mol. The zero-order valence-electron chi connectivity index (χ0n) is 18.0. The lowest BCUT2D eigenvalue weighted by atomic mass is 10.1. The average Bonchev–Trinajstić information content (AvgIpc) is 3.45. The first-order chi connectivity index (χ1) is 16.1. The zero-order chi connectivity index (χ0) is 22.9. The molecule has 3 aromatic carbocycles. The number of anilines is 2. The molecule has 0 radical (unpaired) electrons. The third kappa shape index (κ3) is 3.52. The van der Waals surface area contributed by atoms with Gasteiger partial charge < -0.3 is 14.8 Å². The number of rotatable bonds is 6. The molecule has 2 amide bonds. The Bertz CT molecular complexity index is 1400. The van der Waals surface area contributed by atoms with Gasteiger partial charge in [0.25, 0.3) is 11.8 Å². The van der Waals surface area contributed by atoms with Crippen LogP contribution >= 0.6 is 11.3 Å². The molecule has 1 aromatic heterocycles. The van der Waals surface area contributed by atoms with E-state index in [-0.39, 0.29) is 11.6 Å². The standard InChI is InChI=1S/C26H20N2O4S/c1-31-17-12-13-21(32-2)19(15-17)27-24-23(22-11-6-14-33-22)25(29)28(26(24)30)20-10-5-8-16-7-3-4-9-18(16)20/h3-15,27H,1-2H3. The molecule has 5 rings (SSSR count). The summed E-state index contributed by atoms with van der Waals surface area (Å²) in [4.78, 5) is 29.4. The molecule has 0 atom stereocenters. The van der Waals surface area contributed by atoms with E-state index >= 15 is 0 Å². The SMILES string of the molecule is COc1ccc(OC)c(NC2=C(c3cccs3)C(=O)N(c3cccc4ccccc34)C2=O)c1. The fourth-order valence-electron chi connectivity index (χ4n) is 3.96. The minimum absolute atomic E-state index is 0.196. The summed E-state index contributed by atoms with van der Waals surface area (Å²) in [5, 5.41) is 6.82. The molecule has 1 aliphatic heterocycles. The van der Waals surface area contributed by atoms with E-state index in [1.807, 2.05) is 53.9 Å². The number of nitrogens with one attached hydrogen (secondary N) is 1. The molecular formula is C26H20N2O4S. The fourth-order valence-corrected chi connectivity index (χ4v) is 4.73. The topological polar surface area (TPSA) is 67.9 Å². The lowest BCUT2D eigenvalue weighted by molar-refractivity contribution is -0.120. The van der Waals surface area contributed by atoms with Gasteiger partial charge in [-0.1, -0.05) is 42.5 Å². The molecule has 0 fully saturated rings. The molecule has 1 aliphatic rings. The fraction of sp³-hybridized carbons (Fsp3) is 0.0769. The molecule has 0 aliphatic carbocycles. The van der Waals surface area contributed by atoms with E-state index in [0.717, 1.165) is 10.8 Å². The zero-order valence-corrected chi connectivity index (χ0v) is 18.8. The molecule has 0 saturated carbocycles. The largest absolute Gasteiger partial charge is 0.497 e. The Morgan fingerprint density at radius 1 is 0.848 bits per heavy atom. The van der Waals surface area contributed by atoms with Crippen molar-refractivity contribution in [2.45, 2.75) is 0 Å². The number of carbonyl (C=O) groups is 2. The van der Waals surface area contributed by atoms with Gasteiger partial charge in [0, 0.05) is 16.3 Å². The van der Waals surface area contributed by atoms with Crippen LogP contribution in [0.3, 0.4) is 0 Å². The quantitative estimate of drug-likeness (QED) is 0.398. The van der Waals surface area contributed by atoms with Crippen molar-refractivity contribution in [2.75, 3.05) is 24.4 Å². The number of benzene rings is 3. The highest BCUT2D eigenvalue weighted by molar-refractivity contribution is 7.11. The van der Waals surface area contributed by atoms with Gasteiger partial charge in [-0.15, -0.1) is 11.3 Å². The molecule has 4 aromatic rings. The van der Waals surface area contributed by atoms with Crippen molar-refractivity contribution < 1.29 is 19.1 Å². The molecule has 0 spiro atoms. The number of fused-ring (bicyclic) bond motifs is 1. The van der Waals surface area contributed by atoms with Crippen molar-refractivity contribution in [3.8, 4) is 11.5 Å². The van der Waals surface area contributed by atoms with Crippen LogP contribution in [-0.2, 0) is 9.59 Å². The van der Waals surface area contributed by atoms with E-state index in [2.05, 4.69) is 5.32 Å². The van der Waals surface area contributed by atoms with Crippen molar-refractivity contribution in [3.63, 3.8) is 0 Å². The Balaban J connectivity index is 1.65. The summed E-state index contributed by atoms with van der Waals surface area (Å²) in [6.07, 6.45) is 0. The second-order valence-corrected chi connectivity index (χ2v) is 8.31. The number of carbonyl (C=O) groups excluding carboxylic acids is 2. The number of hydrogen-bond donors (Lipinski definition) is 1. The van der Waals surface area contributed by atoms with Crippen LogP contribution in [0.5, 0.6) is 11.5 Å².